The largest absolute Gasteiger partial charge is 0.361 e. The van der Waals surface area contributed by atoms with E-state index < -0.39 is 10.8 Å². The molecule has 0 aliphatic heterocycles. The molecule has 0 saturated carbocycles. The molecule has 0 fully saturated rings. The van der Waals surface area contributed by atoms with Gasteiger partial charge in [-0.25, -0.2) is 4.68 Å². The highest BCUT2D eigenvalue weighted by atomic mass is 16.6. The minimum absolute atomic E-state index is 0.0129. The molecule has 0 amide bonds. The van der Waals surface area contributed by atoms with Gasteiger partial charge in [-0.05, 0) is 36.2 Å². The second-order valence-electron chi connectivity index (χ2n) is 7.70. The molecule has 2 heterocycles. The third kappa shape index (κ3) is 3.20. The molecule has 2 aromatic heterocycles. The number of hydrogen-bond acceptors (Lipinski definition) is 3. The standard InChI is InChI=1S/C25H20N4O3/c1-16-23(25(30)28(27-16)18-7-3-2-4-8-18)24(17-11-13-19(14-12-17)29(31)32)21-15-26-22-10-6-5-9-20(21)22/h2-15,24,26-27H,1H3. The Hall–Kier alpha value is -4.39. The summed E-state index contributed by atoms with van der Waals surface area (Å²) in [5.74, 6) is -0.402. The Morgan fingerprint density at radius 2 is 1.62 bits per heavy atom. The summed E-state index contributed by atoms with van der Waals surface area (Å²) in [5, 5.41) is 15.4. The Kier molecular flexibility index (Phi) is 4.71. The van der Waals surface area contributed by atoms with Gasteiger partial charge in [-0.15, -0.1) is 0 Å². The maximum atomic E-state index is 13.6. The Morgan fingerprint density at radius 3 is 2.34 bits per heavy atom. The molecule has 5 rings (SSSR count). The van der Waals surface area contributed by atoms with E-state index in [1.165, 1.54) is 16.8 Å². The van der Waals surface area contributed by atoms with Crippen LogP contribution >= 0.6 is 0 Å². The number of aromatic amines is 2. The van der Waals surface area contributed by atoms with Crippen LogP contribution in [-0.4, -0.2) is 19.7 Å². The number of para-hydroxylation sites is 2. The smallest absolute Gasteiger partial charge is 0.275 e. The van der Waals surface area contributed by atoms with Crippen molar-refractivity contribution in [2.75, 3.05) is 0 Å². The zero-order chi connectivity index (χ0) is 22.2. The summed E-state index contributed by atoms with van der Waals surface area (Å²) in [6.07, 6.45) is 1.91. The Labute approximate surface area is 183 Å². The van der Waals surface area contributed by atoms with Gasteiger partial charge in [-0.3, -0.25) is 20.0 Å². The molecule has 0 spiro atoms. The first-order chi connectivity index (χ1) is 15.5. The lowest BCUT2D eigenvalue weighted by Gasteiger charge is -2.16. The van der Waals surface area contributed by atoms with E-state index in [1.807, 2.05) is 67.7 Å². The molecule has 0 aliphatic carbocycles. The summed E-state index contributed by atoms with van der Waals surface area (Å²) >= 11 is 0. The van der Waals surface area contributed by atoms with E-state index in [2.05, 4.69) is 10.1 Å². The van der Waals surface area contributed by atoms with Crippen LogP contribution in [-0.2, 0) is 0 Å². The molecule has 1 unspecified atom stereocenters. The molecule has 32 heavy (non-hydrogen) atoms. The first kappa shape index (κ1) is 19.6. The van der Waals surface area contributed by atoms with E-state index in [-0.39, 0.29) is 11.2 Å². The lowest BCUT2D eigenvalue weighted by molar-refractivity contribution is -0.384. The summed E-state index contributed by atoms with van der Waals surface area (Å²) in [6.45, 7) is 1.88. The van der Waals surface area contributed by atoms with Crippen molar-refractivity contribution in [3.63, 3.8) is 0 Å². The summed E-state index contributed by atoms with van der Waals surface area (Å²) < 4.78 is 1.54. The second kappa shape index (κ2) is 7.70. The van der Waals surface area contributed by atoms with E-state index in [9.17, 15) is 14.9 Å². The number of nitrogens with one attached hydrogen (secondary N) is 2. The fourth-order valence-electron chi connectivity index (χ4n) is 4.28. The Bertz CT molecular complexity index is 1480. The first-order valence-electron chi connectivity index (χ1n) is 10.2. The van der Waals surface area contributed by atoms with Crippen molar-refractivity contribution in [1.29, 1.82) is 0 Å². The van der Waals surface area contributed by atoms with E-state index in [4.69, 9.17) is 0 Å². The van der Waals surface area contributed by atoms with E-state index >= 15 is 0 Å². The highest BCUT2D eigenvalue weighted by molar-refractivity contribution is 5.84. The summed E-state index contributed by atoms with van der Waals surface area (Å²) in [4.78, 5) is 27.7. The highest BCUT2D eigenvalue weighted by Crippen LogP contribution is 2.36. The molecule has 3 aromatic carbocycles. The molecular formula is C25H20N4O3. The number of nitrogens with zero attached hydrogens (tertiary/aromatic N) is 2. The van der Waals surface area contributed by atoms with Gasteiger partial charge in [0, 0.05) is 40.8 Å². The normalized spacial score (nSPS) is 12.2. The van der Waals surface area contributed by atoms with Crippen LogP contribution in [0.15, 0.2) is 89.9 Å². The van der Waals surface area contributed by atoms with Crippen molar-refractivity contribution in [3.05, 3.63) is 128 Å². The van der Waals surface area contributed by atoms with Crippen molar-refractivity contribution in [2.24, 2.45) is 0 Å². The van der Waals surface area contributed by atoms with Crippen molar-refractivity contribution >= 4 is 16.6 Å². The van der Waals surface area contributed by atoms with Crippen LogP contribution in [0.2, 0.25) is 0 Å². The van der Waals surface area contributed by atoms with Crippen LogP contribution in [0.1, 0.15) is 28.3 Å². The lowest BCUT2D eigenvalue weighted by Crippen LogP contribution is -2.20. The second-order valence-corrected chi connectivity index (χ2v) is 7.70. The molecule has 0 aliphatic rings. The third-order valence-corrected chi connectivity index (χ3v) is 5.79. The van der Waals surface area contributed by atoms with Gasteiger partial charge in [0.05, 0.1) is 16.2 Å². The van der Waals surface area contributed by atoms with Gasteiger partial charge in [-0.2, -0.15) is 0 Å². The predicted octanol–water partition coefficient (Wildman–Crippen LogP) is 5.04. The maximum Gasteiger partial charge on any atom is 0.275 e. The molecule has 1 atom stereocenters. The number of H-pyrrole nitrogens is 2. The van der Waals surface area contributed by atoms with Gasteiger partial charge in [0.2, 0.25) is 0 Å². The number of nitro benzene ring substituents is 1. The van der Waals surface area contributed by atoms with Crippen LogP contribution in [0, 0.1) is 17.0 Å². The van der Waals surface area contributed by atoms with Gasteiger partial charge >= 0.3 is 0 Å². The average Bonchev–Trinajstić information content (AvgIpc) is 3.37. The molecule has 158 valence electrons. The van der Waals surface area contributed by atoms with Crippen LogP contribution < -0.4 is 5.56 Å². The van der Waals surface area contributed by atoms with Crippen molar-refractivity contribution in [3.8, 4) is 5.69 Å². The number of rotatable bonds is 5. The fourth-order valence-corrected chi connectivity index (χ4v) is 4.28. The first-order valence-corrected chi connectivity index (χ1v) is 10.2. The van der Waals surface area contributed by atoms with Crippen molar-refractivity contribution < 1.29 is 4.92 Å². The number of fused-ring (bicyclic) bond motifs is 1. The monoisotopic (exact) mass is 424 g/mol. The molecule has 7 nitrogen and oxygen atoms in total. The summed E-state index contributed by atoms with van der Waals surface area (Å²) in [7, 11) is 0. The highest BCUT2D eigenvalue weighted by Gasteiger charge is 2.27. The minimum Gasteiger partial charge on any atom is -0.361 e. The predicted molar refractivity (Wildman–Crippen MR) is 123 cm³/mol. The molecule has 7 heteroatoms. The molecule has 0 saturated heterocycles. The van der Waals surface area contributed by atoms with Gasteiger partial charge < -0.3 is 4.98 Å². The number of benzene rings is 3. The average molecular weight is 424 g/mol. The van der Waals surface area contributed by atoms with Crippen LogP contribution in [0.3, 0.4) is 0 Å². The topological polar surface area (TPSA) is 96.7 Å². The van der Waals surface area contributed by atoms with E-state index in [1.54, 1.807) is 12.1 Å². The Morgan fingerprint density at radius 1 is 0.938 bits per heavy atom. The molecular weight excluding hydrogens is 404 g/mol. The minimum atomic E-state index is -0.422. The zero-order valence-corrected chi connectivity index (χ0v) is 17.3. The number of nitro groups is 1. The fraction of sp³-hybridized carbons (Fsp3) is 0.0800. The zero-order valence-electron chi connectivity index (χ0n) is 17.3. The number of non-ortho nitro benzene ring substituents is 1. The third-order valence-electron chi connectivity index (χ3n) is 5.79. The molecule has 0 bridgehead atoms. The molecule has 5 aromatic rings. The number of aryl methyl sites for hydroxylation is 1. The maximum absolute atomic E-state index is 13.6. The van der Waals surface area contributed by atoms with Crippen LogP contribution in [0.5, 0.6) is 0 Å². The van der Waals surface area contributed by atoms with Crippen molar-refractivity contribution in [2.45, 2.75) is 12.8 Å². The summed E-state index contributed by atoms with van der Waals surface area (Å²) in [5.41, 5.74) is 4.66. The lowest BCUT2D eigenvalue weighted by atomic mass is 9.85. The SMILES string of the molecule is Cc1[nH]n(-c2ccccc2)c(=O)c1C(c1ccc([N+](=O)[O-])cc1)c1c[nH]c2ccccc12. The van der Waals surface area contributed by atoms with Gasteiger partial charge in [0.25, 0.3) is 11.2 Å². The number of aromatic nitrogens is 3. The van der Waals surface area contributed by atoms with Crippen LogP contribution in [0.25, 0.3) is 16.6 Å². The van der Waals surface area contributed by atoms with Crippen LogP contribution in [0.4, 0.5) is 5.69 Å². The van der Waals surface area contributed by atoms with Gasteiger partial charge in [0.1, 0.15) is 0 Å². The Balaban J connectivity index is 1.75. The molecule has 2 N–H and O–H groups in total. The van der Waals surface area contributed by atoms with Gasteiger partial charge in [-0.1, -0.05) is 48.5 Å². The van der Waals surface area contributed by atoms with Gasteiger partial charge in [0.15, 0.2) is 0 Å². The number of hydrogen-bond donors (Lipinski definition) is 2. The quantitative estimate of drug-likeness (QED) is 0.305. The van der Waals surface area contributed by atoms with E-state index in [0.29, 0.717) is 5.56 Å². The summed E-state index contributed by atoms with van der Waals surface area (Å²) in [6, 6.07) is 23.7. The molecule has 0 radical (unpaired) electrons. The van der Waals surface area contributed by atoms with Crippen molar-refractivity contribution in [1.82, 2.24) is 14.8 Å². The van der Waals surface area contributed by atoms with E-state index in [0.717, 1.165) is 33.4 Å².